The van der Waals surface area contributed by atoms with E-state index >= 15 is 0 Å². The first kappa shape index (κ1) is 12.3. The number of aromatic nitrogens is 1. The molecule has 100 valence electrons. The number of nitrogens with one attached hydrogen (secondary N) is 1. The third-order valence-electron chi connectivity index (χ3n) is 3.86. The average molecular weight is 256 g/mol. The Balaban J connectivity index is 1.97. The zero-order chi connectivity index (χ0) is 13.1. The number of rotatable bonds is 3. The van der Waals surface area contributed by atoms with Crippen molar-refractivity contribution in [1.29, 1.82) is 0 Å². The Hall–Kier alpha value is -1.77. The summed E-state index contributed by atoms with van der Waals surface area (Å²) in [6.45, 7) is 0. The van der Waals surface area contributed by atoms with Crippen LogP contribution in [0.1, 0.15) is 32.1 Å². The Morgan fingerprint density at radius 1 is 1.16 bits per heavy atom. The van der Waals surface area contributed by atoms with Gasteiger partial charge in [0.2, 0.25) is 5.88 Å². The fourth-order valence-corrected chi connectivity index (χ4v) is 2.84. The van der Waals surface area contributed by atoms with E-state index in [1.807, 2.05) is 19.3 Å². The maximum Gasteiger partial charge on any atom is 0.223 e. The van der Waals surface area contributed by atoms with Crippen molar-refractivity contribution in [1.82, 2.24) is 4.98 Å². The number of fused-ring (bicyclic) bond motifs is 1. The lowest BCUT2D eigenvalue weighted by Gasteiger charge is -2.23. The van der Waals surface area contributed by atoms with Gasteiger partial charge in [-0.15, -0.1) is 0 Å². The second-order valence-electron chi connectivity index (χ2n) is 5.15. The van der Waals surface area contributed by atoms with E-state index in [9.17, 15) is 0 Å². The minimum Gasteiger partial charge on any atom is -0.474 e. The Morgan fingerprint density at radius 2 is 2.00 bits per heavy atom. The molecule has 0 aliphatic heterocycles. The van der Waals surface area contributed by atoms with Crippen molar-refractivity contribution in [2.75, 3.05) is 12.4 Å². The van der Waals surface area contributed by atoms with Crippen molar-refractivity contribution < 1.29 is 4.74 Å². The van der Waals surface area contributed by atoms with E-state index in [1.54, 1.807) is 0 Å². The molecule has 1 saturated carbocycles. The molecule has 3 heteroatoms. The SMILES string of the molecule is CNc1cccc2ccnc(OC3CCCCC3)c12. The molecule has 1 aliphatic carbocycles. The molecule has 3 nitrogen and oxygen atoms in total. The number of nitrogens with zero attached hydrogens (tertiary/aromatic N) is 1. The van der Waals surface area contributed by atoms with Gasteiger partial charge in [-0.25, -0.2) is 4.98 Å². The fourth-order valence-electron chi connectivity index (χ4n) is 2.84. The van der Waals surface area contributed by atoms with Crippen LogP contribution in [0.4, 0.5) is 5.69 Å². The molecule has 0 atom stereocenters. The molecule has 1 N–H and O–H groups in total. The summed E-state index contributed by atoms with van der Waals surface area (Å²) >= 11 is 0. The van der Waals surface area contributed by atoms with Gasteiger partial charge in [0.25, 0.3) is 0 Å². The van der Waals surface area contributed by atoms with Crippen molar-refractivity contribution in [2.24, 2.45) is 0 Å². The minimum atomic E-state index is 0.330. The fraction of sp³-hybridized carbons (Fsp3) is 0.438. The predicted octanol–water partition coefficient (Wildman–Crippen LogP) is 3.99. The van der Waals surface area contributed by atoms with E-state index in [0.29, 0.717) is 6.10 Å². The highest BCUT2D eigenvalue weighted by atomic mass is 16.5. The molecule has 1 fully saturated rings. The summed E-state index contributed by atoms with van der Waals surface area (Å²) in [5, 5.41) is 5.50. The third kappa shape index (κ3) is 2.50. The largest absolute Gasteiger partial charge is 0.474 e. The van der Waals surface area contributed by atoms with E-state index < -0.39 is 0 Å². The molecule has 0 unspecified atom stereocenters. The van der Waals surface area contributed by atoms with Gasteiger partial charge in [0.05, 0.1) is 5.39 Å². The standard InChI is InChI=1S/C16H20N2O/c1-17-14-9-5-6-12-10-11-18-16(15(12)14)19-13-7-3-2-4-8-13/h5-6,9-11,13,17H,2-4,7-8H2,1H3. The Labute approximate surface area is 114 Å². The molecule has 0 amide bonds. The summed E-state index contributed by atoms with van der Waals surface area (Å²) in [6, 6.07) is 8.26. The Morgan fingerprint density at radius 3 is 2.79 bits per heavy atom. The summed E-state index contributed by atoms with van der Waals surface area (Å²) in [5.41, 5.74) is 1.08. The molecule has 0 saturated heterocycles. The second kappa shape index (κ2) is 5.47. The van der Waals surface area contributed by atoms with Crippen LogP contribution in [0.15, 0.2) is 30.5 Å². The van der Waals surface area contributed by atoms with Gasteiger partial charge in [0.1, 0.15) is 6.10 Å². The van der Waals surface area contributed by atoms with Crippen LogP contribution < -0.4 is 10.1 Å². The van der Waals surface area contributed by atoms with Gasteiger partial charge in [-0.3, -0.25) is 0 Å². The van der Waals surface area contributed by atoms with Gasteiger partial charge in [-0.2, -0.15) is 0 Å². The summed E-state index contributed by atoms with van der Waals surface area (Å²) in [5.74, 6) is 0.773. The molecule has 1 heterocycles. The lowest BCUT2D eigenvalue weighted by molar-refractivity contribution is 0.151. The van der Waals surface area contributed by atoms with Gasteiger partial charge in [0, 0.05) is 18.9 Å². The zero-order valence-corrected chi connectivity index (χ0v) is 11.4. The van der Waals surface area contributed by atoms with Gasteiger partial charge < -0.3 is 10.1 Å². The summed E-state index contributed by atoms with van der Waals surface area (Å²) < 4.78 is 6.16. The highest BCUT2D eigenvalue weighted by Gasteiger charge is 2.17. The molecule has 0 radical (unpaired) electrons. The van der Waals surface area contributed by atoms with Crippen molar-refractivity contribution in [2.45, 2.75) is 38.2 Å². The normalized spacial score (nSPS) is 16.5. The van der Waals surface area contributed by atoms with Crippen LogP contribution in [-0.4, -0.2) is 18.1 Å². The van der Waals surface area contributed by atoms with Crippen LogP contribution in [0, 0.1) is 0 Å². The Kier molecular flexibility index (Phi) is 3.53. The molecule has 3 rings (SSSR count). The number of anilines is 1. The van der Waals surface area contributed by atoms with Crippen molar-refractivity contribution in [3.05, 3.63) is 30.5 Å². The smallest absolute Gasteiger partial charge is 0.223 e. The number of hydrogen-bond donors (Lipinski definition) is 1. The number of pyridine rings is 1. The number of benzene rings is 1. The highest BCUT2D eigenvalue weighted by Crippen LogP contribution is 2.32. The van der Waals surface area contributed by atoms with E-state index in [1.165, 1.54) is 24.6 Å². The molecule has 1 aromatic carbocycles. The first-order valence-electron chi connectivity index (χ1n) is 7.10. The maximum absolute atomic E-state index is 6.16. The predicted molar refractivity (Wildman–Crippen MR) is 78.8 cm³/mol. The number of hydrogen-bond acceptors (Lipinski definition) is 3. The van der Waals surface area contributed by atoms with Gasteiger partial charge in [-0.05, 0) is 43.2 Å². The van der Waals surface area contributed by atoms with Crippen molar-refractivity contribution in [3.8, 4) is 5.88 Å². The van der Waals surface area contributed by atoms with Crippen LogP contribution in [0.3, 0.4) is 0 Å². The maximum atomic E-state index is 6.16. The molecule has 19 heavy (non-hydrogen) atoms. The molecule has 0 spiro atoms. The lowest BCUT2D eigenvalue weighted by atomic mass is 9.98. The molecule has 0 bridgehead atoms. The second-order valence-corrected chi connectivity index (χ2v) is 5.15. The number of ether oxygens (including phenoxy) is 1. The highest BCUT2D eigenvalue weighted by molar-refractivity contribution is 5.97. The summed E-state index contributed by atoms with van der Waals surface area (Å²) in [7, 11) is 1.94. The van der Waals surface area contributed by atoms with E-state index in [2.05, 4.69) is 28.5 Å². The quantitative estimate of drug-likeness (QED) is 0.901. The lowest BCUT2D eigenvalue weighted by Crippen LogP contribution is -2.20. The van der Waals surface area contributed by atoms with E-state index in [4.69, 9.17) is 4.74 Å². The van der Waals surface area contributed by atoms with Crippen LogP contribution in [-0.2, 0) is 0 Å². The van der Waals surface area contributed by atoms with Gasteiger partial charge in [0.15, 0.2) is 0 Å². The average Bonchev–Trinajstić information content (AvgIpc) is 2.48. The van der Waals surface area contributed by atoms with Crippen molar-refractivity contribution in [3.63, 3.8) is 0 Å². The van der Waals surface area contributed by atoms with Crippen LogP contribution >= 0.6 is 0 Å². The first-order valence-corrected chi connectivity index (χ1v) is 7.10. The summed E-state index contributed by atoms with van der Waals surface area (Å²) in [6.07, 6.45) is 8.35. The van der Waals surface area contributed by atoms with Gasteiger partial charge >= 0.3 is 0 Å². The summed E-state index contributed by atoms with van der Waals surface area (Å²) in [4.78, 5) is 4.45. The first-order chi connectivity index (χ1) is 9.38. The monoisotopic (exact) mass is 256 g/mol. The molecule has 2 aromatic rings. The Bertz CT molecular complexity index is 556. The molecular formula is C16H20N2O. The van der Waals surface area contributed by atoms with Crippen LogP contribution in [0.25, 0.3) is 10.8 Å². The topological polar surface area (TPSA) is 34.2 Å². The third-order valence-corrected chi connectivity index (χ3v) is 3.86. The van der Waals surface area contributed by atoms with E-state index in [0.717, 1.165) is 29.8 Å². The van der Waals surface area contributed by atoms with Crippen LogP contribution in [0.5, 0.6) is 5.88 Å². The van der Waals surface area contributed by atoms with Crippen LogP contribution in [0.2, 0.25) is 0 Å². The van der Waals surface area contributed by atoms with E-state index in [-0.39, 0.29) is 0 Å². The zero-order valence-electron chi connectivity index (χ0n) is 11.4. The molecule has 1 aromatic heterocycles. The molecule has 1 aliphatic rings. The minimum absolute atomic E-state index is 0.330. The van der Waals surface area contributed by atoms with Crippen molar-refractivity contribution >= 4 is 16.5 Å². The molecular weight excluding hydrogens is 236 g/mol. The van der Waals surface area contributed by atoms with Gasteiger partial charge in [-0.1, -0.05) is 18.6 Å².